The smallest absolute Gasteiger partial charge is 0.314 e. The second-order valence-electron chi connectivity index (χ2n) is 4.31. The fraction of sp³-hybridized carbons (Fsp3) is 0.500. The molecule has 2 amide bonds. The number of urea groups is 1. The van der Waals surface area contributed by atoms with Crippen LogP contribution in [0.5, 0.6) is 5.75 Å². The largest absolute Gasteiger partial charge is 0.496 e. The first-order valence-corrected chi connectivity index (χ1v) is 7.43. The maximum absolute atomic E-state index is 11.3. The minimum atomic E-state index is -0.100. The number of nitrogens with one attached hydrogen (secondary N) is 2. The predicted octanol–water partition coefficient (Wildman–Crippen LogP) is 2.74. The lowest BCUT2D eigenvalue weighted by molar-refractivity contribution is 0.240. The number of para-hydroxylation sites is 1. The van der Waals surface area contributed by atoms with E-state index in [0.717, 1.165) is 16.4 Å². The van der Waals surface area contributed by atoms with E-state index in [1.165, 1.54) is 0 Å². The molecular weight excluding hydrogens is 260 g/mol. The van der Waals surface area contributed by atoms with E-state index >= 15 is 0 Å². The molecule has 0 spiro atoms. The Balaban J connectivity index is 2.33. The summed E-state index contributed by atoms with van der Waals surface area (Å²) in [4.78, 5) is 12.4. The molecule has 0 heterocycles. The first kappa shape index (κ1) is 15.7. The molecule has 0 saturated heterocycles. The van der Waals surface area contributed by atoms with Crippen molar-refractivity contribution in [2.24, 2.45) is 5.92 Å². The molecule has 4 nitrogen and oxygen atoms in total. The van der Waals surface area contributed by atoms with Crippen molar-refractivity contribution in [2.45, 2.75) is 18.7 Å². The van der Waals surface area contributed by atoms with Gasteiger partial charge in [0, 0.05) is 23.7 Å². The van der Waals surface area contributed by atoms with Crippen LogP contribution in [0.25, 0.3) is 0 Å². The minimum absolute atomic E-state index is 0.100. The number of ether oxygens (including phenoxy) is 1. The first-order valence-electron chi connectivity index (χ1n) is 6.44. The van der Waals surface area contributed by atoms with E-state index in [1.807, 2.05) is 31.2 Å². The lowest BCUT2D eigenvalue weighted by Gasteiger charge is -2.13. The molecule has 1 rings (SSSR count). The van der Waals surface area contributed by atoms with E-state index < -0.39 is 0 Å². The molecule has 2 N–H and O–H groups in total. The van der Waals surface area contributed by atoms with Crippen LogP contribution in [0.4, 0.5) is 4.79 Å². The second kappa shape index (κ2) is 8.69. The molecule has 0 saturated carbocycles. The average molecular weight is 282 g/mol. The van der Waals surface area contributed by atoms with Gasteiger partial charge in [-0.05, 0) is 25.0 Å². The van der Waals surface area contributed by atoms with Gasteiger partial charge in [-0.1, -0.05) is 19.1 Å². The molecule has 0 aromatic heterocycles. The standard InChI is InChI=1S/C14H22N2O2S/c1-4-15-14(17)16-9-11(2)10-19-13-8-6-5-7-12(13)18-3/h5-8,11H,4,9-10H2,1-3H3,(H2,15,16,17)/t11-/m0/s1. The monoisotopic (exact) mass is 282 g/mol. The normalized spacial score (nSPS) is 11.7. The summed E-state index contributed by atoms with van der Waals surface area (Å²) in [5.74, 6) is 2.24. The number of benzene rings is 1. The number of carbonyl (C=O) groups is 1. The molecule has 1 aromatic carbocycles. The molecule has 106 valence electrons. The topological polar surface area (TPSA) is 50.4 Å². The molecule has 0 aliphatic rings. The molecule has 1 aromatic rings. The van der Waals surface area contributed by atoms with Crippen LogP contribution in [0, 0.1) is 5.92 Å². The highest BCUT2D eigenvalue weighted by Crippen LogP contribution is 2.29. The van der Waals surface area contributed by atoms with Crippen LogP contribution in [0.2, 0.25) is 0 Å². The number of carbonyl (C=O) groups excluding carboxylic acids is 1. The summed E-state index contributed by atoms with van der Waals surface area (Å²) in [6.07, 6.45) is 0. The van der Waals surface area contributed by atoms with Crippen molar-refractivity contribution < 1.29 is 9.53 Å². The van der Waals surface area contributed by atoms with Gasteiger partial charge in [-0.15, -0.1) is 11.8 Å². The number of thioether (sulfide) groups is 1. The molecule has 5 heteroatoms. The van der Waals surface area contributed by atoms with Crippen molar-refractivity contribution in [1.82, 2.24) is 10.6 Å². The zero-order valence-corrected chi connectivity index (χ0v) is 12.5. The van der Waals surface area contributed by atoms with E-state index in [4.69, 9.17) is 4.74 Å². The van der Waals surface area contributed by atoms with Crippen LogP contribution in [-0.4, -0.2) is 32.0 Å². The highest BCUT2D eigenvalue weighted by Gasteiger charge is 2.08. The molecule has 0 fully saturated rings. The highest BCUT2D eigenvalue weighted by atomic mass is 32.2. The Morgan fingerprint density at radius 2 is 2.11 bits per heavy atom. The number of hydrogen-bond donors (Lipinski definition) is 2. The summed E-state index contributed by atoms with van der Waals surface area (Å²) in [5.41, 5.74) is 0. The van der Waals surface area contributed by atoms with Crippen LogP contribution in [0.15, 0.2) is 29.2 Å². The summed E-state index contributed by atoms with van der Waals surface area (Å²) >= 11 is 1.75. The van der Waals surface area contributed by atoms with Crippen LogP contribution >= 0.6 is 11.8 Å². The number of amides is 2. The molecule has 0 aliphatic carbocycles. The van der Waals surface area contributed by atoms with Crippen molar-refractivity contribution in [2.75, 3.05) is 26.0 Å². The van der Waals surface area contributed by atoms with Gasteiger partial charge in [-0.2, -0.15) is 0 Å². The van der Waals surface area contributed by atoms with Crippen molar-refractivity contribution in [1.29, 1.82) is 0 Å². The van der Waals surface area contributed by atoms with Gasteiger partial charge < -0.3 is 15.4 Å². The Hall–Kier alpha value is -1.36. The predicted molar refractivity (Wildman–Crippen MR) is 80.0 cm³/mol. The molecule has 0 unspecified atom stereocenters. The third kappa shape index (κ3) is 5.87. The van der Waals surface area contributed by atoms with Crippen LogP contribution in [-0.2, 0) is 0 Å². The number of rotatable bonds is 7. The number of hydrogen-bond acceptors (Lipinski definition) is 3. The molecule has 19 heavy (non-hydrogen) atoms. The minimum Gasteiger partial charge on any atom is -0.496 e. The van der Waals surface area contributed by atoms with E-state index in [2.05, 4.69) is 17.6 Å². The average Bonchev–Trinajstić information content (AvgIpc) is 2.43. The van der Waals surface area contributed by atoms with E-state index in [-0.39, 0.29) is 6.03 Å². The Kier molecular flexibility index (Phi) is 7.18. The summed E-state index contributed by atoms with van der Waals surface area (Å²) in [6.45, 7) is 5.35. The molecule has 0 radical (unpaired) electrons. The van der Waals surface area contributed by atoms with Gasteiger partial charge in [0.15, 0.2) is 0 Å². The van der Waals surface area contributed by atoms with Gasteiger partial charge >= 0.3 is 6.03 Å². The zero-order chi connectivity index (χ0) is 14.1. The zero-order valence-electron chi connectivity index (χ0n) is 11.7. The molecule has 0 aliphatic heterocycles. The van der Waals surface area contributed by atoms with Crippen LogP contribution in [0.1, 0.15) is 13.8 Å². The Morgan fingerprint density at radius 3 is 2.79 bits per heavy atom. The Labute approximate surface area is 119 Å². The Bertz CT molecular complexity index is 399. The van der Waals surface area contributed by atoms with Crippen molar-refractivity contribution in [3.63, 3.8) is 0 Å². The maximum atomic E-state index is 11.3. The fourth-order valence-corrected chi connectivity index (χ4v) is 2.57. The van der Waals surface area contributed by atoms with Gasteiger partial charge in [-0.3, -0.25) is 0 Å². The highest BCUT2D eigenvalue weighted by molar-refractivity contribution is 7.99. The van der Waals surface area contributed by atoms with Crippen molar-refractivity contribution in [3.05, 3.63) is 24.3 Å². The molecule has 0 bridgehead atoms. The first-order chi connectivity index (χ1) is 9.17. The van der Waals surface area contributed by atoms with E-state index in [0.29, 0.717) is 19.0 Å². The van der Waals surface area contributed by atoms with Crippen molar-refractivity contribution >= 4 is 17.8 Å². The Morgan fingerprint density at radius 1 is 1.37 bits per heavy atom. The van der Waals surface area contributed by atoms with E-state index in [9.17, 15) is 4.79 Å². The summed E-state index contributed by atoms with van der Waals surface area (Å²) in [7, 11) is 1.68. The van der Waals surface area contributed by atoms with Gasteiger partial charge in [0.05, 0.1) is 7.11 Å². The van der Waals surface area contributed by atoms with Gasteiger partial charge in [0.1, 0.15) is 5.75 Å². The second-order valence-corrected chi connectivity index (χ2v) is 5.37. The lowest BCUT2D eigenvalue weighted by Crippen LogP contribution is -2.37. The van der Waals surface area contributed by atoms with Gasteiger partial charge in [-0.25, -0.2) is 4.79 Å². The maximum Gasteiger partial charge on any atom is 0.314 e. The SMILES string of the molecule is CCNC(=O)NC[C@H](C)CSc1ccccc1OC. The summed E-state index contributed by atoms with van der Waals surface area (Å²) < 4.78 is 5.31. The quantitative estimate of drug-likeness (QED) is 0.756. The third-order valence-corrected chi connectivity index (χ3v) is 3.92. The molecule has 1 atom stereocenters. The van der Waals surface area contributed by atoms with Crippen LogP contribution in [0.3, 0.4) is 0 Å². The fourth-order valence-electron chi connectivity index (χ4n) is 1.52. The van der Waals surface area contributed by atoms with E-state index in [1.54, 1.807) is 18.9 Å². The lowest BCUT2D eigenvalue weighted by atomic mass is 10.2. The molecular formula is C14H22N2O2S. The van der Waals surface area contributed by atoms with Crippen LogP contribution < -0.4 is 15.4 Å². The third-order valence-electron chi connectivity index (χ3n) is 2.54. The van der Waals surface area contributed by atoms with Crippen molar-refractivity contribution in [3.8, 4) is 5.75 Å². The number of methoxy groups -OCH3 is 1. The summed E-state index contributed by atoms with van der Waals surface area (Å²) in [6, 6.07) is 7.87. The summed E-state index contributed by atoms with van der Waals surface area (Å²) in [5, 5.41) is 5.57. The van der Waals surface area contributed by atoms with Gasteiger partial charge in [0.2, 0.25) is 0 Å². The van der Waals surface area contributed by atoms with Gasteiger partial charge in [0.25, 0.3) is 0 Å².